The van der Waals surface area contributed by atoms with Gasteiger partial charge in [-0.15, -0.1) is 0 Å². The summed E-state index contributed by atoms with van der Waals surface area (Å²) in [6.07, 6.45) is 4.40. The standard InChI is InChI=1S/C24H27FN4O3S/c1-33(31)19-12-9-17(10-13-19)23-27-24(32-28-23)21-7-4-14-29(21)22(30)15-18(26)11-8-16-5-2-3-6-20(16)25/h2-3,5-6,9-10,12-13,18,21H,4,7-8,11,14-15,26H2,1H3/t18?,21-,33?/m0/s1. The number of carbonyl (C=O) groups is 1. The first-order valence-corrected chi connectivity index (χ1v) is 12.5. The van der Waals surface area contributed by atoms with Gasteiger partial charge in [0.05, 0.1) is 0 Å². The Kier molecular flexibility index (Phi) is 7.29. The van der Waals surface area contributed by atoms with Gasteiger partial charge in [-0.3, -0.25) is 9.00 Å². The summed E-state index contributed by atoms with van der Waals surface area (Å²) in [5, 5.41) is 4.07. The molecule has 7 nitrogen and oxygen atoms in total. The van der Waals surface area contributed by atoms with E-state index in [4.69, 9.17) is 10.3 Å². The number of nitrogens with zero attached hydrogens (tertiary/aromatic N) is 3. The summed E-state index contributed by atoms with van der Waals surface area (Å²) < 4.78 is 30.9. The van der Waals surface area contributed by atoms with Gasteiger partial charge in [-0.2, -0.15) is 4.98 Å². The van der Waals surface area contributed by atoms with Crippen molar-refractivity contribution in [1.82, 2.24) is 15.0 Å². The van der Waals surface area contributed by atoms with E-state index in [1.165, 1.54) is 6.07 Å². The second kappa shape index (κ2) is 10.4. The van der Waals surface area contributed by atoms with Crippen LogP contribution in [-0.4, -0.2) is 44.0 Å². The zero-order valence-corrected chi connectivity index (χ0v) is 19.3. The minimum absolute atomic E-state index is 0.0620. The van der Waals surface area contributed by atoms with Gasteiger partial charge in [0, 0.05) is 46.5 Å². The Bertz CT molecular complexity index is 1130. The molecular formula is C24H27FN4O3S. The number of benzene rings is 2. The summed E-state index contributed by atoms with van der Waals surface area (Å²) in [5.41, 5.74) is 7.56. The number of aromatic nitrogens is 2. The molecule has 4 rings (SSSR count). The van der Waals surface area contributed by atoms with Crippen LogP contribution in [0.1, 0.15) is 43.2 Å². The van der Waals surface area contributed by atoms with Gasteiger partial charge in [0.15, 0.2) is 0 Å². The minimum Gasteiger partial charge on any atom is -0.337 e. The molecule has 174 valence electrons. The third-order valence-corrected chi connectivity index (χ3v) is 6.86. The van der Waals surface area contributed by atoms with Crippen LogP contribution in [0.3, 0.4) is 0 Å². The summed E-state index contributed by atoms with van der Waals surface area (Å²) in [7, 11) is -1.06. The lowest BCUT2D eigenvalue weighted by molar-refractivity contribution is -0.133. The van der Waals surface area contributed by atoms with E-state index in [0.717, 1.165) is 23.3 Å². The smallest absolute Gasteiger partial charge is 0.249 e. The van der Waals surface area contributed by atoms with Crippen LogP contribution in [0.5, 0.6) is 0 Å². The third-order valence-electron chi connectivity index (χ3n) is 5.92. The molecule has 2 unspecified atom stereocenters. The Morgan fingerprint density at radius 1 is 1.27 bits per heavy atom. The van der Waals surface area contributed by atoms with Crippen LogP contribution in [0.4, 0.5) is 4.39 Å². The molecule has 9 heteroatoms. The lowest BCUT2D eigenvalue weighted by Gasteiger charge is -2.23. The zero-order valence-electron chi connectivity index (χ0n) is 18.4. The molecular weight excluding hydrogens is 443 g/mol. The van der Waals surface area contributed by atoms with Gasteiger partial charge in [-0.25, -0.2) is 4.39 Å². The van der Waals surface area contributed by atoms with Crippen LogP contribution < -0.4 is 5.73 Å². The molecule has 0 bridgehead atoms. The van der Waals surface area contributed by atoms with Crippen LogP contribution in [0.15, 0.2) is 57.9 Å². The first kappa shape index (κ1) is 23.3. The molecule has 33 heavy (non-hydrogen) atoms. The molecule has 2 N–H and O–H groups in total. The quantitative estimate of drug-likeness (QED) is 0.539. The number of aryl methyl sites for hydroxylation is 1. The zero-order chi connectivity index (χ0) is 23.4. The van der Waals surface area contributed by atoms with Gasteiger partial charge in [0.25, 0.3) is 0 Å². The van der Waals surface area contributed by atoms with E-state index in [9.17, 15) is 13.4 Å². The number of likely N-dealkylation sites (tertiary alicyclic amines) is 1. The molecule has 0 radical (unpaired) electrons. The monoisotopic (exact) mass is 470 g/mol. The number of hydrogen-bond acceptors (Lipinski definition) is 6. The Labute approximate surface area is 194 Å². The lowest BCUT2D eigenvalue weighted by atomic mass is 10.0. The van der Waals surface area contributed by atoms with Crippen molar-refractivity contribution >= 4 is 16.7 Å². The maximum absolute atomic E-state index is 13.8. The lowest BCUT2D eigenvalue weighted by Crippen LogP contribution is -2.36. The first-order chi connectivity index (χ1) is 15.9. The number of hydrogen-bond donors (Lipinski definition) is 1. The predicted octanol–water partition coefficient (Wildman–Crippen LogP) is 3.63. The summed E-state index contributed by atoms with van der Waals surface area (Å²) in [6.45, 7) is 0.609. The van der Waals surface area contributed by atoms with Crippen molar-refractivity contribution in [3.8, 4) is 11.4 Å². The fourth-order valence-corrected chi connectivity index (χ4v) is 4.61. The summed E-state index contributed by atoms with van der Waals surface area (Å²) >= 11 is 0. The van der Waals surface area contributed by atoms with E-state index in [1.54, 1.807) is 53.6 Å². The normalized spacial score (nSPS) is 17.8. The highest BCUT2D eigenvalue weighted by molar-refractivity contribution is 7.84. The van der Waals surface area contributed by atoms with Crippen LogP contribution >= 0.6 is 0 Å². The van der Waals surface area contributed by atoms with Gasteiger partial charge in [-0.1, -0.05) is 23.4 Å². The van der Waals surface area contributed by atoms with Gasteiger partial charge in [0.1, 0.15) is 11.9 Å². The van der Waals surface area contributed by atoms with Gasteiger partial charge < -0.3 is 15.2 Å². The molecule has 0 saturated carbocycles. The average Bonchev–Trinajstić information content (AvgIpc) is 3.48. The first-order valence-electron chi connectivity index (χ1n) is 11.0. The van der Waals surface area contributed by atoms with E-state index in [2.05, 4.69) is 10.1 Å². The molecule has 3 atom stereocenters. The van der Waals surface area contributed by atoms with Gasteiger partial charge >= 0.3 is 0 Å². The number of rotatable bonds is 8. The Balaban J connectivity index is 1.38. The molecule has 3 aromatic rings. The summed E-state index contributed by atoms with van der Waals surface area (Å²) in [5.74, 6) is 0.520. The van der Waals surface area contributed by atoms with E-state index in [-0.39, 0.29) is 30.2 Å². The van der Waals surface area contributed by atoms with Crippen LogP contribution in [0.2, 0.25) is 0 Å². The number of halogens is 1. The van der Waals surface area contributed by atoms with E-state index >= 15 is 0 Å². The van der Waals surface area contributed by atoms with Crippen LogP contribution in [0, 0.1) is 5.82 Å². The maximum Gasteiger partial charge on any atom is 0.249 e. The van der Waals surface area contributed by atoms with E-state index < -0.39 is 10.8 Å². The largest absolute Gasteiger partial charge is 0.337 e. The maximum atomic E-state index is 13.8. The van der Waals surface area contributed by atoms with Gasteiger partial charge in [-0.05, 0) is 61.6 Å². The molecule has 2 heterocycles. The number of carbonyl (C=O) groups excluding carboxylic acids is 1. The van der Waals surface area contributed by atoms with Crippen molar-refractivity contribution in [1.29, 1.82) is 0 Å². The summed E-state index contributed by atoms with van der Waals surface area (Å²) in [4.78, 5) is 19.9. The third kappa shape index (κ3) is 5.54. The fourth-order valence-electron chi connectivity index (χ4n) is 4.09. The van der Waals surface area contributed by atoms with Crippen molar-refractivity contribution < 1.29 is 17.9 Å². The van der Waals surface area contributed by atoms with Crippen molar-refractivity contribution in [2.45, 2.75) is 49.1 Å². The number of nitrogens with two attached hydrogens (primary N) is 1. The molecule has 1 aromatic heterocycles. The average molecular weight is 471 g/mol. The predicted molar refractivity (Wildman–Crippen MR) is 123 cm³/mol. The Morgan fingerprint density at radius 3 is 2.76 bits per heavy atom. The molecule has 1 aliphatic rings. The highest BCUT2D eigenvalue weighted by Crippen LogP contribution is 2.33. The molecule has 1 saturated heterocycles. The van der Waals surface area contributed by atoms with Crippen LogP contribution in [0.25, 0.3) is 11.4 Å². The molecule has 1 fully saturated rings. The van der Waals surface area contributed by atoms with Crippen LogP contribution in [-0.2, 0) is 22.0 Å². The number of amides is 1. The van der Waals surface area contributed by atoms with E-state index in [1.807, 2.05) is 0 Å². The Morgan fingerprint density at radius 2 is 2.03 bits per heavy atom. The topological polar surface area (TPSA) is 102 Å². The van der Waals surface area contributed by atoms with E-state index in [0.29, 0.717) is 36.7 Å². The summed E-state index contributed by atoms with van der Waals surface area (Å²) in [6, 6.07) is 13.1. The van der Waals surface area contributed by atoms with Crippen molar-refractivity contribution in [3.63, 3.8) is 0 Å². The fraction of sp³-hybridized carbons (Fsp3) is 0.375. The highest BCUT2D eigenvalue weighted by Gasteiger charge is 2.34. The molecule has 1 aliphatic heterocycles. The van der Waals surface area contributed by atoms with Crippen molar-refractivity contribution in [2.24, 2.45) is 5.73 Å². The minimum atomic E-state index is -1.06. The SMILES string of the molecule is CS(=O)c1ccc(-c2noc([C@@H]3CCCN3C(=O)CC(N)CCc3ccccc3F)n2)cc1. The molecule has 0 aliphatic carbocycles. The van der Waals surface area contributed by atoms with Crippen molar-refractivity contribution in [2.75, 3.05) is 12.8 Å². The van der Waals surface area contributed by atoms with Gasteiger partial charge in [0.2, 0.25) is 17.6 Å². The van der Waals surface area contributed by atoms with Crippen molar-refractivity contribution in [3.05, 3.63) is 65.8 Å². The molecule has 0 spiro atoms. The highest BCUT2D eigenvalue weighted by atomic mass is 32.2. The second-order valence-corrected chi connectivity index (χ2v) is 9.65. The Hall–Kier alpha value is -2.91. The molecule has 1 amide bonds. The second-order valence-electron chi connectivity index (χ2n) is 8.27. The molecule has 2 aromatic carbocycles.